The van der Waals surface area contributed by atoms with Gasteiger partial charge in [0.15, 0.2) is 11.6 Å². The molecule has 172 valence electrons. The van der Waals surface area contributed by atoms with Gasteiger partial charge in [-0.1, -0.05) is 12.1 Å². The van der Waals surface area contributed by atoms with Crippen LogP contribution in [0.2, 0.25) is 0 Å². The number of ether oxygens (including phenoxy) is 2. The highest BCUT2D eigenvalue weighted by molar-refractivity contribution is 5.93. The first-order chi connectivity index (χ1) is 15.5. The van der Waals surface area contributed by atoms with Crippen molar-refractivity contribution in [3.05, 3.63) is 47.2 Å². The van der Waals surface area contributed by atoms with E-state index in [-0.39, 0.29) is 17.7 Å². The molecule has 2 amide bonds. The maximum atomic E-state index is 12.8. The van der Waals surface area contributed by atoms with Crippen LogP contribution < -0.4 is 4.74 Å². The Balaban J connectivity index is 1.29. The molecule has 0 N–H and O–H groups in total. The summed E-state index contributed by atoms with van der Waals surface area (Å²) in [6, 6.07) is 7.84. The molecule has 1 aromatic carbocycles. The predicted molar refractivity (Wildman–Crippen MR) is 118 cm³/mol. The maximum absolute atomic E-state index is 12.8. The number of amides is 2. The number of likely N-dealkylation sites (tertiary alicyclic amines) is 1. The van der Waals surface area contributed by atoms with Gasteiger partial charge in [0, 0.05) is 38.5 Å². The Bertz CT molecular complexity index is 943. The number of carbonyl (C=O) groups is 2. The van der Waals surface area contributed by atoms with Crippen molar-refractivity contribution >= 4 is 11.8 Å². The van der Waals surface area contributed by atoms with E-state index in [4.69, 9.17) is 13.9 Å². The lowest BCUT2D eigenvalue weighted by Gasteiger charge is -2.30. The van der Waals surface area contributed by atoms with E-state index in [0.29, 0.717) is 69.6 Å². The molecule has 2 fully saturated rings. The van der Waals surface area contributed by atoms with Crippen LogP contribution in [-0.2, 0) is 16.0 Å². The fourth-order valence-corrected chi connectivity index (χ4v) is 4.32. The SMILES string of the molecule is COc1cccc(CCC(=O)N2CCC(c3nc(C(=O)N4CCOCC4)c(C)o3)CC2)c1. The second-order valence-corrected chi connectivity index (χ2v) is 8.37. The van der Waals surface area contributed by atoms with Gasteiger partial charge in [0.05, 0.1) is 20.3 Å². The number of rotatable bonds is 6. The Morgan fingerprint density at radius 3 is 2.59 bits per heavy atom. The first-order valence-electron chi connectivity index (χ1n) is 11.3. The molecular weight excluding hydrogens is 410 g/mol. The second kappa shape index (κ2) is 10.2. The Morgan fingerprint density at radius 2 is 1.88 bits per heavy atom. The third-order valence-electron chi connectivity index (χ3n) is 6.27. The molecule has 0 radical (unpaired) electrons. The largest absolute Gasteiger partial charge is 0.497 e. The van der Waals surface area contributed by atoms with Gasteiger partial charge < -0.3 is 23.7 Å². The van der Waals surface area contributed by atoms with Crippen molar-refractivity contribution in [2.24, 2.45) is 0 Å². The number of methoxy groups -OCH3 is 1. The fraction of sp³-hybridized carbons (Fsp3) is 0.542. The summed E-state index contributed by atoms with van der Waals surface area (Å²) in [5.74, 6) is 2.19. The van der Waals surface area contributed by atoms with Crippen LogP contribution in [0.1, 0.15) is 52.9 Å². The van der Waals surface area contributed by atoms with Crippen molar-refractivity contribution in [1.82, 2.24) is 14.8 Å². The Morgan fingerprint density at radius 1 is 1.12 bits per heavy atom. The molecule has 0 atom stereocenters. The van der Waals surface area contributed by atoms with Crippen molar-refractivity contribution in [2.45, 2.75) is 38.5 Å². The molecule has 0 spiro atoms. The van der Waals surface area contributed by atoms with Crippen molar-refractivity contribution in [1.29, 1.82) is 0 Å². The summed E-state index contributed by atoms with van der Waals surface area (Å²) in [7, 11) is 1.64. The van der Waals surface area contributed by atoms with Gasteiger partial charge in [-0.05, 0) is 43.9 Å². The topological polar surface area (TPSA) is 85.1 Å². The fourth-order valence-electron chi connectivity index (χ4n) is 4.32. The normalized spacial score (nSPS) is 17.4. The highest BCUT2D eigenvalue weighted by Gasteiger charge is 2.30. The zero-order valence-electron chi connectivity index (χ0n) is 18.8. The lowest BCUT2D eigenvalue weighted by Crippen LogP contribution is -2.41. The minimum atomic E-state index is -0.0917. The van der Waals surface area contributed by atoms with Gasteiger partial charge in [0.25, 0.3) is 5.91 Å². The van der Waals surface area contributed by atoms with Crippen LogP contribution in [0.15, 0.2) is 28.7 Å². The molecule has 4 rings (SSSR count). The van der Waals surface area contributed by atoms with Crippen molar-refractivity contribution in [3.63, 3.8) is 0 Å². The van der Waals surface area contributed by atoms with E-state index in [2.05, 4.69) is 4.98 Å². The van der Waals surface area contributed by atoms with E-state index in [1.54, 1.807) is 18.9 Å². The first-order valence-corrected chi connectivity index (χ1v) is 11.3. The molecule has 0 aliphatic carbocycles. The summed E-state index contributed by atoms with van der Waals surface area (Å²) in [6.45, 7) is 5.42. The van der Waals surface area contributed by atoms with Crippen LogP contribution in [0.25, 0.3) is 0 Å². The van der Waals surface area contributed by atoms with Crippen molar-refractivity contribution < 1.29 is 23.5 Å². The van der Waals surface area contributed by atoms with E-state index in [9.17, 15) is 9.59 Å². The summed E-state index contributed by atoms with van der Waals surface area (Å²) in [5, 5.41) is 0. The van der Waals surface area contributed by atoms with Crippen molar-refractivity contribution in [2.75, 3.05) is 46.5 Å². The average Bonchev–Trinajstić information content (AvgIpc) is 3.24. The number of hydrogen-bond acceptors (Lipinski definition) is 6. The number of nitrogens with zero attached hydrogens (tertiary/aromatic N) is 3. The molecule has 32 heavy (non-hydrogen) atoms. The molecule has 0 bridgehead atoms. The van der Waals surface area contributed by atoms with Gasteiger partial charge in [0.1, 0.15) is 11.5 Å². The smallest absolute Gasteiger partial charge is 0.276 e. The van der Waals surface area contributed by atoms with Gasteiger partial charge in [0.2, 0.25) is 5.91 Å². The highest BCUT2D eigenvalue weighted by atomic mass is 16.5. The van der Waals surface area contributed by atoms with E-state index in [0.717, 1.165) is 24.2 Å². The molecule has 0 unspecified atom stereocenters. The Labute approximate surface area is 188 Å². The van der Waals surface area contributed by atoms with Gasteiger partial charge in [-0.3, -0.25) is 9.59 Å². The molecule has 2 saturated heterocycles. The predicted octanol–water partition coefficient (Wildman–Crippen LogP) is 2.80. The third kappa shape index (κ3) is 5.12. The van der Waals surface area contributed by atoms with Crippen LogP contribution in [0.5, 0.6) is 5.75 Å². The lowest BCUT2D eigenvalue weighted by atomic mass is 9.96. The average molecular weight is 442 g/mol. The van der Waals surface area contributed by atoms with Crippen LogP contribution in [-0.4, -0.2) is 73.1 Å². The molecule has 2 aliphatic heterocycles. The van der Waals surface area contributed by atoms with Gasteiger partial charge in [-0.15, -0.1) is 0 Å². The monoisotopic (exact) mass is 441 g/mol. The zero-order chi connectivity index (χ0) is 22.5. The van der Waals surface area contributed by atoms with E-state index in [1.807, 2.05) is 29.2 Å². The summed E-state index contributed by atoms with van der Waals surface area (Å²) in [4.78, 5) is 33.7. The van der Waals surface area contributed by atoms with Crippen LogP contribution in [0.3, 0.4) is 0 Å². The number of carbonyl (C=O) groups excluding carboxylic acids is 2. The minimum Gasteiger partial charge on any atom is -0.497 e. The quantitative estimate of drug-likeness (QED) is 0.685. The van der Waals surface area contributed by atoms with E-state index < -0.39 is 0 Å². The zero-order valence-corrected chi connectivity index (χ0v) is 18.8. The lowest BCUT2D eigenvalue weighted by molar-refractivity contribution is -0.132. The Hall–Kier alpha value is -2.87. The third-order valence-corrected chi connectivity index (χ3v) is 6.27. The molecule has 2 aromatic rings. The minimum absolute atomic E-state index is 0.0917. The molecular formula is C24H31N3O5. The molecule has 8 nitrogen and oxygen atoms in total. The van der Waals surface area contributed by atoms with Crippen molar-refractivity contribution in [3.8, 4) is 5.75 Å². The number of piperidine rings is 1. The van der Waals surface area contributed by atoms with E-state index in [1.165, 1.54) is 0 Å². The number of aryl methyl sites for hydroxylation is 2. The number of hydrogen-bond donors (Lipinski definition) is 0. The van der Waals surface area contributed by atoms with Crippen LogP contribution >= 0.6 is 0 Å². The molecule has 8 heteroatoms. The highest BCUT2D eigenvalue weighted by Crippen LogP contribution is 2.29. The molecule has 2 aliphatic rings. The summed E-state index contributed by atoms with van der Waals surface area (Å²) >= 11 is 0. The number of oxazole rings is 1. The van der Waals surface area contributed by atoms with Gasteiger partial charge in [-0.2, -0.15) is 0 Å². The maximum Gasteiger partial charge on any atom is 0.276 e. The summed E-state index contributed by atoms with van der Waals surface area (Å²) in [5.41, 5.74) is 1.50. The number of aromatic nitrogens is 1. The second-order valence-electron chi connectivity index (χ2n) is 8.37. The standard InChI is InChI=1S/C24H31N3O5/c1-17-22(24(29)27-12-14-31-15-13-27)25-23(32-17)19-8-10-26(11-9-19)21(28)7-6-18-4-3-5-20(16-18)30-2/h3-5,16,19H,6-15H2,1-2H3. The summed E-state index contributed by atoms with van der Waals surface area (Å²) < 4.78 is 16.5. The molecule has 3 heterocycles. The Kier molecular flexibility index (Phi) is 7.09. The molecule has 0 saturated carbocycles. The van der Waals surface area contributed by atoms with E-state index >= 15 is 0 Å². The van der Waals surface area contributed by atoms with Gasteiger partial charge >= 0.3 is 0 Å². The number of benzene rings is 1. The molecule has 1 aromatic heterocycles. The van der Waals surface area contributed by atoms with Gasteiger partial charge in [-0.25, -0.2) is 4.98 Å². The first kappa shape index (κ1) is 22.3. The van der Waals surface area contributed by atoms with Crippen LogP contribution in [0.4, 0.5) is 0 Å². The summed E-state index contributed by atoms with van der Waals surface area (Å²) in [6.07, 6.45) is 2.75. The number of morpholine rings is 1. The van der Waals surface area contributed by atoms with Crippen LogP contribution in [0, 0.1) is 6.92 Å².